The Morgan fingerprint density at radius 3 is 2.78 bits per heavy atom. The number of rotatable bonds is 2. The van der Waals surface area contributed by atoms with Crippen LogP contribution in [0.2, 0.25) is 0 Å². The maximum Gasteiger partial charge on any atom is 0.0752 e. The lowest BCUT2D eigenvalue weighted by molar-refractivity contribution is 0.139. The van der Waals surface area contributed by atoms with Gasteiger partial charge in [0.05, 0.1) is 6.10 Å². The van der Waals surface area contributed by atoms with Crippen LogP contribution >= 0.6 is 0 Å². The van der Waals surface area contributed by atoms with E-state index >= 15 is 0 Å². The van der Waals surface area contributed by atoms with Gasteiger partial charge in [-0.1, -0.05) is 12.2 Å². The molecule has 0 heterocycles. The molecular formula is C7H12O2. The summed E-state index contributed by atoms with van der Waals surface area (Å²) in [6, 6.07) is 0. The van der Waals surface area contributed by atoms with Gasteiger partial charge in [0.2, 0.25) is 0 Å². The van der Waals surface area contributed by atoms with Gasteiger partial charge in [0.15, 0.2) is 0 Å². The minimum absolute atomic E-state index is 0.184. The first kappa shape index (κ1) is 6.78. The maximum atomic E-state index is 9.12. The van der Waals surface area contributed by atoms with Gasteiger partial charge in [0.25, 0.3) is 0 Å². The second kappa shape index (κ2) is 2.99. The molecule has 0 unspecified atom stereocenters. The molecule has 0 saturated carbocycles. The Morgan fingerprint density at radius 2 is 2.33 bits per heavy atom. The molecule has 0 fully saturated rings. The van der Waals surface area contributed by atoms with Crippen molar-refractivity contribution < 1.29 is 10.2 Å². The lowest BCUT2D eigenvalue weighted by Crippen LogP contribution is -2.14. The van der Waals surface area contributed by atoms with Crippen LogP contribution in [0.5, 0.6) is 0 Å². The fourth-order valence-corrected chi connectivity index (χ4v) is 1.14. The van der Waals surface area contributed by atoms with E-state index in [2.05, 4.69) is 0 Å². The summed E-state index contributed by atoms with van der Waals surface area (Å²) in [4.78, 5) is 0. The normalized spacial score (nSPS) is 33.6. The van der Waals surface area contributed by atoms with Gasteiger partial charge < -0.3 is 10.2 Å². The highest BCUT2D eigenvalue weighted by Crippen LogP contribution is 2.21. The van der Waals surface area contributed by atoms with Crippen molar-refractivity contribution in [3.63, 3.8) is 0 Å². The van der Waals surface area contributed by atoms with Crippen molar-refractivity contribution in [1.82, 2.24) is 0 Å². The first-order chi connectivity index (χ1) is 4.34. The van der Waals surface area contributed by atoms with Crippen LogP contribution in [-0.4, -0.2) is 22.9 Å². The number of aliphatic hydroxyl groups excluding tert-OH is 2. The average Bonchev–Trinajstić information content (AvgIpc) is 2.18. The van der Waals surface area contributed by atoms with Crippen molar-refractivity contribution in [1.29, 1.82) is 0 Å². The van der Waals surface area contributed by atoms with E-state index in [1.165, 1.54) is 0 Å². The van der Waals surface area contributed by atoms with Gasteiger partial charge in [-0.2, -0.15) is 0 Å². The molecule has 0 aromatic heterocycles. The zero-order chi connectivity index (χ0) is 6.69. The van der Waals surface area contributed by atoms with E-state index in [1.54, 1.807) is 6.08 Å². The Labute approximate surface area is 54.8 Å². The minimum atomic E-state index is -0.308. The molecule has 2 N–H and O–H groups in total. The molecule has 0 saturated heterocycles. The summed E-state index contributed by atoms with van der Waals surface area (Å²) in [5, 5.41) is 17.6. The van der Waals surface area contributed by atoms with Crippen LogP contribution < -0.4 is 0 Å². The Hall–Kier alpha value is -0.340. The summed E-state index contributed by atoms with van der Waals surface area (Å²) < 4.78 is 0. The van der Waals surface area contributed by atoms with E-state index in [1.807, 2.05) is 6.08 Å². The monoisotopic (exact) mass is 128 g/mol. The highest BCUT2D eigenvalue weighted by Gasteiger charge is 2.18. The van der Waals surface area contributed by atoms with E-state index in [-0.39, 0.29) is 18.6 Å². The smallest absolute Gasteiger partial charge is 0.0752 e. The van der Waals surface area contributed by atoms with Crippen LogP contribution in [-0.2, 0) is 0 Å². The summed E-state index contributed by atoms with van der Waals surface area (Å²) in [5.74, 6) is 0.273. The largest absolute Gasteiger partial charge is 0.396 e. The molecule has 1 rings (SSSR count). The fraction of sp³-hybridized carbons (Fsp3) is 0.714. The number of aliphatic hydroxyl groups is 2. The van der Waals surface area contributed by atoms with Gasteiger partial charge in [-0.15, -0.1) is 0 Å². The Morgan fingerprint density at radius 1 is 1.56 bits per heavy atom. The predicted molar refractivity (Wildman–Crippen MR) is 35.0 cm³/mol. The number of hydrogen-bond donors (Lipinski definition) is 2. The minimum Gasteiger partial charge on any atom is -0.396 e. The van der Waals surface area contributed by atoms with Gasteiger partial charge in [-0.05, 0) is 18.8 Å². The van der Waals surface area contributed by atoms with Gasteiger partial charge >= 0.3 is 0 Å². The third-order valence-electron chi connectivity index (χ3n) is 1.75. The summed E-state index contributed by atoms with van der Waals surface area (Å²) in [5.41, 5.74) is 0. The average molecular weight is 128 g/mol. The second-order valence-electron chi connectivity index (χ2n) is 2.43. The third-order valence-corrected chi connectivity index (χ3v) is 1.75. The molecule has 9 heavy (non-hydrogen) atoms. The summed E-state index contributed by atoms with van der Waals surface area (Å²) in [6.45, 7) is 0.184. The molecule has 0 spiro atoms. The van der Waals surface area contributed by atoms with Crippen LogP contribution in [0.15, 0.2) is 12.2 Å². The van der Waals surface area contributed by atoms with Gasteiger partial charge in [0.1, 0.15) is 0 Å². The van der Waals surface area contributed by atoms with Crippen molar-refractivity contribution in [2.75, 3.05) is 6.61 Å². The van der Waals surface area contributed by atoms with Crippen molar-refractivity contribution in [3.05, 3.63) is 12.2 Å². The zero-order valence-electron chi connectivity index (χ0n) is 5.33. The van der Waals surface area contributed by atoms with Crippen molar-refractivity contribution in [2.45, 2.75) is 18.9 Å². The van der Waals surface area contributed by atoms with Gasteiger partial charge in [-0.3, -0.25) is 0 Å². The third kappa shape index (κ3) is 1.53. The molecule has 2 heteroatoms. The number of hydrogen-bond acceptors (Lipinski definition) is 2. The molecule has 0 radical (unpaired) electrons. The highest BCUT2D eigenvalue weighted by atomic mass is 16.3. The van der Waals surface area contributed by atoms with Crippen LogP contribution in [0.3, 0.4) is 0 Å². The molecule has 0 aliphatic heterocycles. The molecule has 0 bridgehead atoms. The van der Waals surface area contributed by atoms with Crippen LogP contribution in [0.25, 0.3) is 0 Å². The van der Waals surface area contributed by atoms with Crippen LogP contribution in [0.1, 0.15) is 12.8 Å². The summed E-state index contributed by atoms with van der Waals surface area (Å²) in [6.07, 6.45) is 5.08. The quantitative estimate of drug-likeness (QED) is 0.525. The van der Waals surface area contributed by atoms with E-state index in [4.69, 9.17) is 10.2 Å². The summed E-state index contributed by atoms with van der Waals surface area (Å²) >= 11 is 0. The molecule has 52 valence electrons. The predicted octanol–water partition coefficient (Wildman–Crippen LogP) is 0.306. The molecule has 0 aromatic carbocycles. The van der Waals surface area contributed by atoms with Gasteiger partial charge in [-0.25, -0.2) is 0 Å². The van der Waals surface area contributed by atoms with E-state index in [0.29, 0.717) is 6.42 Å². The number of allylic oxidation sites excluding steroid dienone is 1. The Kier molecular flexibility index (Phi) is 2.25. The summed E-state index contributed by atoms with van der Waals surface area (Å²) in [7, 11) is 0. The highest BCUT2D eigenvalue weighted by molar-refractivity contribution is 5.01. The zero-order valence-corrected chi connectivity index (χ0v) is 5.33. The lowest BCUT2D eigenvalue weighted by Gasteiger charge is -2.10. The lowest BCUT2D eigenvalue weighted by atomic mass is 10.0. The van der Waals surface area contributed by atoms with Gasteiger partial charge in [0, 0.05) is 6.61 Å². The van der Waals surface area contributed by atoms with E-state index in [0.717, 1.165) is 6.42 Å². The van der Waals surface area contributed by atoms with E-state index < -0.39 is 0 Å². The van der Waals surface area contributed by atoms with E-state index in [9.17, 15) is 0 Å². The molecule has 0 amide bonds. The van der Waals surface area contributed by atoms with Crippen LogP contribution in [0, 0.1) is 5.92 Å². The molecule has 1 aliphatic carbocycles. The molecule has 2 nitrogen and oxygen atoms in total. The Balaban J connectivity index is 2.28. The van der Waals surface area contributed by atoms with Crippen molar-refractivity contribution in [3.8, 4) is 0 Å². The SMILES string of the molecule is OCC[C@H]1CC=C[C@H]1O. The standard InChI is InChI=1S/C7H12O2/c8-5-4-6-2-1-3-7(6)9/h1,3,6-9H,2,4-5H2/t6-,7-/m1/s1. The molecule has 2 atom stereocenters. The molecular weight excluding hydrogens is 116 g/mol. The second-order valence-corrected chi connectivity index (χ2v) is 2.43. The topological polar surface area (TPSA) is 40.5 Å². The molecule has 1 aliphatic rings. The Bertz CT molecular complexity index is 109. The first-order valence-electron chi connectivity index (χ1n) is 3.30. The molecule has 0 aromatic rings. The van der Waals surface area contributed by atoms with Crippen molar-refractivity contribution in [2.24, 2.45) is 5.92 Å². The van der Waals surface area contributed by atoms with Crippen LogP contribution in [0.4, 0.5) is 0 Å². The van der Waals surface area contributed by atoms with Crippen molar-refractivity contribution >= 4 is 0 Å². The maximum absolute atomic E-state index is 9.12. The fourth-order valence-electron chi connectivity index (χ4n) is 1.14. The first-order valence-corrected chi connectivity index (χ1v) is 3.30.